The third-order valence-corrected chi connectivity index (χ3v) is 15.2. The fourth-order valence-electron chi connectivity index (χ4n) is 12.7. The van der Waals surface area contributed by atoms with Crippen LogP contribution in [0.1, 0.15) is 56.0 Å². The van der Waals surface area contributed by atoms with Gasteiger partial charge < -0.3 is 4.57 Å². The van der Waals surface area contributed by atoms with Crippen molar-refractivity contribution in [2.45, 2.75) is 17.8 Å². The molecule has 0 amide bonds. The van der Waals surface area contributed by atoms with Gasteiger partial charge in [-0.15, -0.1) is 0 Å². The molecule has 15 rings (SSSR count). The molecule has 0 N–H and O–H groups in total. The molecule has 0 aliphatic heterocycles. The minimum absolute atomic E-state index is 0.198. The molecule has 2 heteroatoms. The van der Waals surface area contributed by atoms with E-state index in [1.807, 2.05) is 6.20 Å². The number of nitrogens with zero attached hydrogens (tertiary/aromatic N) is 2. The largest absolute Gasteiger partial charge is 0.309 e. The number of benzene rings is 8. The predicted octanol–water partition coefficient (Wildman–Crippen LogP) is 14.7. The summed E-state index contributed by atoms with van der Waals surface area (Å²) < 4.78 is 2.46. The van der Waals surface area contributed by atoms with Crippen LogP contribution in [0, 0.1) is 0 Å². The first-order chi connectivity index (χ1) is 31.8. The van der Waals surface area contributed by atoms with Gasteiger partial charge in [0.1, 0.15) is 0 Å². The summed E-state index contributed by atoms with van der Waals surface area (Å²) in [5.74, 6) is 0.198. The number of hydrogen-bond acceptors (Lipinski definition) is 1. The summed E-state index contributed by atoms with van der Waals surface area (Å²) >= 11 is 0. The maximum absolute atomic E-state index is 5.20. The molecule has 0 fully saturated rings. The van der Waals surface area contributed by atoms with Gasteiger partial charge in [-0.25, -0.2) is 0 Å². The molecule has 0 saturated heterocycles. The highest BCUT2D eigenvalue weighted by molar-refractivity contribution is 6.12. The second kappa shape index (κ2) is 12.5. The Morgan fingerprint density at radius 2 is 1.30 bits per heavy atom. The summed E-state index contributed by atoms with van der Waals surface area (Å²) in [5.41, 5.74) is 25.4. The lowest BCUT2D eigenvalue weighted by molar-refractivity contribution is 0.791. The summed E-state index contributed by atoms with van der Waals surface area (Å²) in [6, 6.07) is 68.3. The van der Waals surface area contributed by atoms with Gasteiger partial charge in [-0.05, 0) is 149 Å². The molecule has 2 nitrogen and oxygen atoms in total. The lowest BCUT2D eigenvalue weighted by Crippen LogP contribution is -2.26. The fraction of sp³-hybridized carbons (Fsp3) is 0.0484. The summed E-state index contributed by atoms with van der Waals surface area (Å²) in [7, 11) is 0. The number of allylic oxidation sites excluding steroid dienone is 7. The van der Waals surface area contributed by atoms with Gasteiger partial charge in [0.2, 0.25) is 0 Å². The van der Waals surface area contributed by atoms with Crippen LogP contribution in [0.5, 0.6) is 0 Å². The van der Waals surface area contributed by atoms with E-state index in [4.69, 9.17) is 4.98 Å². The highest BCUT2D eigenvalue weighted by Crippen LogP contribution is 2.64. The van der Waals surface area contributed by atoms with Gasteiger partial charge in [-0.3, -0.25) is 4.98 Å². The lowest BCUT2D eigenvalue weighted by atomic mass is 9.65. The Hall–Kier alpha value is -8.07. The molecule has 296 valence electrons. The molecule has 1 spiro atoms. The highest BCUT2D eigenvalue weighted by atomic mass is 15.0. The molecule has 0 bridgehead atoms. The van der Waals surface area contributed by atoms with Crippen LogP contribution < -0.4 is 0 Å². The average Bonchev–Trinajstić information content (AvgIpc) is 3.95. The maximum atomic E-state index is 5.20. The number of fused-ring (bicyclic) bond motifs is 14. The van der Waals surface area contributed by atoms with Crippen molar-refractivity contribution in [3.63, 3.8) is 0 Å². The van der Waals surface area contributed by atoms with E-state index in [0.717, 1.165) is 17.8 Å². The van der Waals surface area contributed by atoms with E-state index < -0.39 is 5.41 Å². The summed E-state index contributed by atoms with van der Waals surface area (Å²) in [5, 5.41) is 5.15. The number of aromatic nitrogens is 2. The Morgan fingerprint density at radius 1 is 0.531 bits per heavy atom. The van der Waals surface area contributed by atoms with Gasteiger partial charge in [-0.1, -0.05) is 158 Å². The van der Waals surface area contributed by atoms with Crippen molar-refractivity contribution in [3.05, 3.63) is 274 Å². The van der Waals surface area contributed by atoms with Crippen molar-refractivity contribution in [1.29, 1.82) is 0 Å². The van der Waals surface area contributed by atoms with Gasteiger partial charge in [-0.2, -0.15) is 0 Å². The first-order valence-corrected chi connectivity index (χ1v) is 22.5. The monoisotopic (exact) mass is 810 g/mol. The Morgan fingerprint density at radius 3 is 2.25 bits per heavy atom. The molecule has 5 aliphatic rings. The van der Waals surface area contributed by atoms with Gasteiger partial charge in [0.25, 0.3) is 0 Å². The number of rotatable bonds is 3. The molecular formula is C62H38N2. The van der Waals surface area contributed by atoms with E-state index in [-0.39, 0.29) is 5.92 Å². The zero-order chi connectivity index (χ0) is 41.7. The van der Waals surface area contributed by atoms with Crippen LogP contribution in [0.4, 0.5) is 0 Å². The minimum Gasteiger partial charge on any atom is -0.309 e. The summed E-state index contributed by atoms with van der Waals surface area (Å²) in [6.45, 7) is 0. The molecule has 8 aromatic carbocycles. The average molecular weight is 811 g/mol. The first-order valence-electron chi connectivity index (χ1n) is 22.5. The number of hydrogen-bond donors (Lipinski definition) is 0. The highest BCUT2D eigenvalue weighted by Gasteiger charge is 2.53. The first kappa shape index (κ1) is 34.5. The molecule has 2 unspecified atom stereocenters. The Kier molecular flexibility index (Phi) is 6.75. The van der Waals surface area contributed by atoms with Crippen molar-refractivity contribution in [3.8, 4) is 28.1 Å². The van der Waals surface area contributed by atoms with Crippen LogP contribution in [-0.4, -0.2) is 9.55 Å². The van der Waals surface area contributed by atoms with Gasteiger partial charge in [0.15, 0.2) is 0 Å². The van der Waals surface area contributed by atoms with E-state index in [0.29, 0.717) is 0 Å². The van der Waals surface area contributed by atoms with Crippen LogP contribution in [-0.2, 0) is 11.8 Å². The standard InChI is InChI=1S/C62H38N2/c1-2-18-41(19-3-1)64-57-28-9-7-22-45(57)52-35-51-44-21-6-8-26-53(44)62(56(51)36-58(52)64)54-27-13-31-63-61(54)48-30-29-38(34-55(48)62)49-32-39-16-12-25-47-50(33-40-17-11-24-46(49)59(40)60(39)47)43-23-10-15-37-14-4-5-20-42(37)43/h1-32,34-36,60H,33H2. The molecule has 64 heavy (non-hydrogen) atoms. The van der Waals surface area contributed by atoms with Crippen LogP contribution in [0.3, 0.4) is 0 Å². The molecule has 0 radical (unpaired) electrons. The van der Waals surface area contributed by atoms with Crippen molar-refractivity contribution in [1.82, 2.24) is 9.55 Å². The Bertz CT molecular complexity index is 3860. The summed E-state index contributed by atoms with van der Waals surface area (Å²) in [6.07, 6.45) is 12.4. The van der Waals surface area contributed by atoms with Gasteiger partial charge in [0, 0.05) is 34.1 Å². The Balaban J connectivity index is 0.971. The molecule has 2 aromatic heterocycles. The summed E-state index contributed by atoms with van der Waals surface area (Å²) in [4.78, 5) is 5.20. The quantitative estimate of drug-likeness (QED) is 0.174. The van der Waals surface area contributed by atoms with E-state index in [1.54, 1.807) is 0 Å². The molecule has 10 aromatic rings. The zero-order valence-electron chi connectivity index (χ0n) is 34.9. The SMILES string of the molecule is C1=CC2=C(c3cccc4ccccc34)Cc3cccc4c3C2C(=C1)C=C4c1ccc2c(c1)C1(c3ccccc3-c3cc4c5ccccc5n(-c5ccccc5)c4cc31)c1cccnc1-2. The van der Waals surface area contributed by atoms with Crippen molar-refractivity contribution < 1.29 is 0 Å². The third-order valence-electron chi connectivity index (χ3n) is 15.2. The fourth-order valence-corrected chi connectivity index (χ4v) is 12.7. The van der Waals surface area contributed by atoms with Gasteiger partial charge >= 0.3 is 0 Å². The van der Waals surface area contributed by atoms with Gasteiger partial charge in [0.05, 0.1) is 22.1 Å². The van der Waals surface area contributed by atoms with E-state index in [2.05, 4.69) is 211 Å². The molecule has 2 heterocycles. The van der Waals surface area contributed by atoms with E-state index in [9.17, 15) is 0 Å². The van der Waals surface area contributed by atoms with Crippen LogP contribution in [0.25, 0.3) is 71.8 Å². The molecule has 5 aliphatic carbocycles. The normalized spacial score (nSPS) is 18.2. The third kappa shape index (κ3) is 4.32. The van der Waals surface area contributed by atoms with E-state index >= 15 is 0 Å². The van der Waals surface area contributed by atoms with Crippen LogP contribution in [0.15, 0.2) is 224 Å². The topological polar surface area (TPSA) is 17.8 Å². The number of para-hydroxylation sites is 2. The minimum atomic E-state index is -0.559. The number of pyridine rings is 1. The van der Waals surface area contributed by atoms with Crippen molar-refractivity contribution in [2.75, 3.05) is 0 Å². The van der Waals surface area contributed by atoms with Crippen molar-refractivity contribution in [2.24, 2.45) is 0 Å². The van der Waals surface area contributed by atoms with Crippen LogP contribution >= 0.6 is 0 Å². The molecular weight excluding hydrogens is 773 g/mol. The maximum Gasteiger partial charge on any atom is 0.0753 e. The smallest absolute Gasteiger partial charge is 0.0753 e. The predicted molar refractivity (Wildman–Crippen MR) is 263 cm³/mol. The second-order valence-corrected chi connectivity index (χ2v) is 18.1. The van der Waals surface area contributed by atoms with E-state index in [1.165, 1.54) is 122 Å². The van der Waals surface area contributed by atoms with Crippen molar-refractivity contribution >= 4 is 43.7 Å². The zero-order valence-corrected chi connectivity index (χ0v) is 34.9. The van der Waals surface area contributed by atoms with Crippen LogP contribution in [0.2, 0.25) is 0 Å². The molecule has 0 saturated carbocycles. The molecule has 2 atom stereocenters. The Labute approximate surface area is 371 Å². The second-order valence-electron chi connectivity index (χ2n) is 18.1. The lowest BCUT2D eigenvalue weighted by Gasteiger charge is -2.38.